The number of nitrogens with zero attached hydrogens (tertiary/aromatic N) is 3. The molecule has 1 N–H and O–H groups in total. The maximum Gasteiger partial charge on any atom is 0.253 e. The number of aryl methyl sites for hydroxylation is 1. The van der Waals surface area contributed by atoms with Gasteiger partial charge in [-0.25, -0.2) is 17.8 Å². The average molecular weight is 425 g/mol. The van der Waals surface area contributed by atoms with E-state index in [0.717, 1.165) is 36.2 Å². The molecule has 1 atom stereocenters. The van der Waals surface area contributed by atoms with Gasteiger partial charge in [-0.1, -0.05) is 11.6 Å². The van der Waals surface area contributed by atoms with Crippen LogP contribution < -0.4 is 4.72 Å². The maximum atomic E-state index is 12.9. The van der Waals surface area contributed by atoms with Crippen LogP contribution in [0, 0.1) is 19.8 Å². The molecule has 1 saturated heterocycles. The smallest absolute Gasteiger partial charge is 0.253 e. The van der Waals surface area contributed by atoms with E-state index in [4.69, 9.17) is 11.6 Å². The lowest BCUT2D eigenvalue weighted by Crippen LogP contribution is -2.43. The van der Waals surface area contributed by atoms with Crippen LogP contribution in [0.15, 0.2) is 24.3 Å². The quantitative estimate of drug-likeness (QED) is 0.799. The van der Waals surface area contributed by atoms with E-state index in [1.165, 1.54) is 0 Å². The van der Waals surface area contributed by atoms with E-state index in [1.807, 2.05) is 26.0 Å². The topological polar surface area (TPSA) is 84.3 Å². The number of carbonyl (C=O) groups is 1. The molecule has 2 aromatic rings. The van der Waals surface area contributed by atoms with E-state index in [0.29, 0.717) is 30.2 Å². The fourth-order valence-electron chi connectivity index (χ4n) is 3.49. The van der Waals surface area contributed by atoms with Gasteiger partial charge in [-0.2, -0.15) is 5.10 Å². The number of likely N-dealkylation sites (tertiary alicyclic amines) is 1. The van der Waals surface area contributed by atoms with E-state index in [9.17, 15) is 13.2 Å². The van der Waals surface area contributed by atoms with Gasteiger partial charge >= 0.3 is 0 Å². The number of sulfonamides is 1. The van der Waals surface area contributed by atoms with E-state index in [2.05, 4.69) is 9.82 Å². The van der Waals surface area contributed by atoms with Crippen molar-refractivity contribution < 1.29 is 13.2 Å². The molecule has 152 valence electrons. The monoisotopic (exact) mass is 424 g/mol. The van der Waals surface area contributed by atoms with Crippen molar-refractivity contribution in [2.75, 3.05) is 25.9 Å². The molecule has 1 aromatic carbocycles. The number of benzene rings is 1. The molecule has 1 aromatic heterocycles. The van der Waals surface area contributed by atoms with Gasteiger partial charge in [-0.3, -0.25) is 4.79 Å². The third-order valence-electron chi connectivity index (χ3n) is 5.00. The largest absolute Gasteiger partial charge is 0.338 e. The molecule has 0 spiro atoms. The van der Waals surface area contributed by atoms with Crippen LogP contribution in [0.25, 0.3) is 5.69 Å². The first-order valence-corrected chi connectivity index (χ1v) is 11.5. The first-order chi connectivity index (χ1) is 13.2. The van der Waals surface area contributed by atoms with Gasteiger partial charge in [-0.05, 0) is 56.9 Å². The molecule has 0 saturated carbocycles. The Hall–Kier alpha value is -1.90. The van der Waals surface area contributed by atoms with Crippen LogP contribution in [0.2, 0.25) is 5.02 Å². The third kappa shape index (κ3) is 4.74. The van der Waals surface area contributed by atoms with E-state index < -0.39 is 10.0 Å². The van der Waals surface area contributed by atoms with Crippen LogP contribution in [0.4, 0.5) is 0 Å². The Labute approximate surface area is 170 Å². The summed E-state index contributed by atoms with van der Waals surface area (Å²) in [5, 5.41) is 5.07. The molecule has 7 nitrogen and oxygen atoms in total. The number of carbonyl (C=O) groups excluding carboxylic acids is 1. The molecular formula is C19H25ClN4O3S. The number of hydrogen-bond acceptors (Lipinski definition) is 4. The van der Waals surface area contributed by atoms with Crippen LogP contribution >= 0.6 is 11.6 Å². The van der Waals surface area contributed by atoms with Gasteiger partial charge in [0.25, 0.3) is 5.91 Å². The maximum absolute atomic E-state index is 12.9. The fourth-order valence-corrected chi connectivity index (χ4v) is 4.14. The Morgan fingerprint density at radius 3 is 2.54 bits per heavy atom. The summed E-state index contributed by atoms with van der Waals surface area (Å²) >= 11 is 6.21. The Morgan fingerprint density at radius 1 is 1.29 bits per heavy atom. The molecule has 1 aliphatic rings. The van der Waals surface area contributed by atoms with Crippen molar-refractivity contribution >= 4 is 27.5 Å². The zero-order valence-electron chi connectivity index (χ0n) is 16.3. The number of nitrogens with one attached hydrogen (secondary N) is 1. The zero-order chi connectivity index (χ0) is 20.5. The highest BCUT2D eigenvalue weighted by Crippen LogP contribution is 2.23. The third-order valence-corrected chi connectivity index (χ3v) is 6.24. The Morgan fingerprint density at radius 2 is 1.96 bits per heavy atom. The molecule has 1 fully saturated rings. The zero-order valence-corrected chi connectivity index (χ0v) is 17.8. The number of piperidine rings is 1. The molecule has 0 unspecified atom stereocenters. The molecule has 1 aliphatic heterocycles. The highest BCUT2D eigenvalue weighted by molar-refractivity contribution is 7.88. The van der Waals surface area contributed by atoms with Gasteiger partial charge in [-0.15, -0.1) is 0 Å². The molecule has 0 aliphatic carbocycles. The van der Waals surface area contributed by atoms with Crippen LogP contribution in [0.1, 0.15) is 34.6 Å². The standard InChI is InChI=1S/C19H25ClN4O3S/c1-13-18(20)14(2)24(22-13)17-8-6-16(7-9-17)19(25)23-10-4-5-15(12-23)11-21-28(3,26)27/h6-9,15,21H,4-5,10-12H2,1-3H3/t15-/m0/s1. The number of amides is 1. The van der Waals surface area contributed by atoms with Crippen molar-refractivity contribution in [3.8, 4) is 5.69 Å². The van der Waals surface area contributed by atoms with Crippen molar-refractivity contribution in [1.82, 2.24) is 19.4 Å². The minimum Gasteiger partial charge on any atom is -0.338 e. The second kappa shape index (κ2) is 8.23. The van der Waals surface area contributed by atoms with Crippen molar-refractivity contribution in [3.63, 3.8) is 0 Å². The van der Waals surface area contributed by atoms with Crippen LogP contribution in [0.5, 0.6) is 0 Å². The fraction of sp³-hybridized carbons (Fsp3) is 0.474. The minimum atomic E-state index is -3.22. The van der Waals surface area contributed by atoms with Gasteiger partial charge in [0.2, 0.25) is 10.0 Å². The summed E-state index contributed by atoms with van der Waals surface area (Å²) in [6.07, 6.45) is 2.92. The van der Waals surface area contributed by atoms with Crippen molar-refractivity contribution in [3.05, 3.63) is 46.2 Å². The highest BCUT2D eigenvalue weighted by Gasteiger charge is 2.25. The number of halogens is 1. The first kappa shape index (κ1) is 20.8. The Balaban J connectivity index is 1.69. The molecule has 0 radical (unpaired) electrons. The molecule has 2 heterocycles. The number of aromatic nitrogens is 2. The second-order valence-corrected chi connectivity index (χ2v) is 9.53. The number of rotatable bonds is 5. The molecule has 0 bridgehead atoms. The Kier molecular flexibility index (Phi) is 6.12. The number of hydrogen-bond donors (Lipinski definition) is 1. The highest BCUT2D eigenvalue weighted by atomic mass is 35.5. The molecular weight excluding hydrogens is 400 g/mol. The summed E-state index contributed by atoms with van der Waals surface area (Å²) < 4.78 is 26.9. The summed E-state index contributed by atoms with van der Waals surface area (Å²) in [6.45, 7) is 5.36. The van der Waals surface area contributed by atoms with Crippen LogP contribution in [0.3, 0.4) is 0 Å². The predicted octanol–water partition coefficient (Wildman–Crippen LogP) is 2.54. The van der Waals surface area contributed by atoms with Crippen molar-refractivity contribution in [2.45, 2.75) is 26.7 Å². The lowest BCUT2D eigenvalue weighted by molar-refractivity contribution is 0.0676. The second-order valence-electron chi connectivity index (χ2n) is 7.32. The molecule has 9 heteroatoms. The predicted molar refractivity (Wildman–Crippen MR) is 110 cm³/mol. The summed E-state index contributed by atoms with van der Waals surface area (Å²) in [4.78, 5) is 14.7. The van der Waals surface area contributed by atoms with E-state index in [-0.39, 0.29) is 11.8 Å². The van der Waals surface area contributed by atoms with Gasteiger partial charge < -0.3 is 4.90 Å². The van der Waals surface area contributed by atoms with Gasteiger partial charge in [0, 0.05) is 25.2 Å². The normalized spacial score (nSPS) is 17.7. The molecule has 3 rings (SSSR count). The first-order valence-electron chi connectivity index (χ1n) is 9.22. The van der Waals surface area contributed by atoms with Crippen LogP contribution in [-0.2, 0) is 10.0 Å². The van der Waals surface area contributed by atoms with Gasteiger partial charge in [0.1, 0.15) is 0 Å². The lowest BCUT2D eigenvalue weighted by atomic mass is 9.97. The van der Waals surface area contributed by atoms with E-state index in [1.54, 1.807) is 21.7 Å². The van der Waals surface area contributed by atoms with Crippen molar-refractivity contribution in [2.24, 2.45) is 5.92 Å². The summed E-state index contributed by atoms with van der Waals surface area (Å²) in [6, 6.07) is 7.30. The molecule has 28 heavy (non-hydrogen) atoms. The summed E-state index contributed by atoms with van der Waals surface area (Å²) in [5.41, 5.74) is 3.07. The van der Waals surface area contributed by atoms with Crippen molar-refractivity contribution in [1.29, 1.82) is 0 Å². The van der Waals surface area contributed by atoms with Gasteiger partial charge in [0.15, 0.2) is 0 Å². The minimum absolute atomic E-state index is 0.0398. The average Bonchev–Trinajstić information content (AvgIpc) is 2.93. The lowest BCUT2D eigenvalue weighted by Gasteiger charge is -2.32. The molecule has 1 amide bonds. The summed E-state index contributed by atoms with van der Waals surface area (Å²) in [5.74, 6) is 0.0885. The van der Waals surface area contributed by atoms with Gasteiger partial charge in [0.05, 0.1) is 28.4 Å². The van der Waals surface area contributed by atoms with Crippen LogP contribution in [-0.4, -0.2) is 54.9 Å². The SMILES string of the molecule is Cc1nn(-c2ccc(C(=O)N3CCC[C@@H](CNS(C)(=O)=O)C3)cc2)c(C)c1Cl. The van der Waals surface area contributed by atoms with E-state index >= 15 is 0 Å². The summed E-state index contributed by atoms with van der Waals surface area (Å²) in [7, 11) is -3.22. The Bertz CT molecular complexity index is 970.